The van der Waals surface area contributed by atoms with E-state index in [0.29, 0.717) is 10.7 Å². The van der Waals surface area contributed by atoms with Gasteiger partial charge in [0.25, 0.3) is 0 Å². The topological polar surface area (TPSA) is 40.5 Å². The van der Waals surface area contributed by atoms with Gasteiger partial charge in [-0.25, -0.2) is 0 Å². The summed E-state index contributed by atoms with van der Waals surface area (Å²) in [6.07, 6.45) is 0.777. The van der Waals surface area contributed by atoms with Crippen molar-refractivity contribution in [2.75, 3.05) is 14.1 Å². The van der Waals surface area contributed by atoms with Crippen LogP contribution in [0.25, 0.3) is 11.1 Å². The van der Waals surface area contributed by atoms with E-state index < -0.39 is 5.97 Å². The zero-order valence-electron chi connectivity index (χ0n) is 13.8. The highest BCUT2D eigenvalue weighted by molar-refractivity contribution is 8.23. The van der Waals surface area contributed by atoms with E-state index in [1.165, 1.54) is 17.3 Å². The SMILES string of the molecule is CN(C)C(=S)SC(CC(=O)O)Cc1ccc(-c2ccccc2)cc1. The molecule has 1 unspecified atom stereocenters. The lowest BCUT2D eigenvalue weighted by molar-refractivity contribution is -0.136. The molecule has 0 spiro atoms. The minimum Gasteiger partial charge on any atom is -0.481 e. The van der Waals surface area contributed by atoms with E-state index >= 15 is 0 Å². The highest BCUT2D eigenvalue weighted by Gasteiger charge is 2.18. The van der Waals surface area contributed by atoms with Crippen molar-refractivity contribution in [2.45, 2.75) is 18.1 Å². The number of carbonyl (C=O) groups is 1. The quantitative estimate of drug-likeness (QED) is 0.778. The molecule has 0 amide bonds. The number of thioether (sulfide) groups is 1. The molecule has 1 N–H and O–H groups in total. The van der Waals surface area contributed by atoms with Gasteiger partial charge in [-0.1, -0.05) is 78.6 Å². The molecule has 0 aliphatic carbocycles. The third-order valence-corrected chi connectivity index (χ3v) is 5.45. The minimum absolute atomic E-state index is 0.0695. The molecule has 0 heterocycles. The van der Waals surface area contributed by atoms with Crippen molar-refractivity contribution in [2.24, 2.45) is 0 Å². The van der Waals surface area contributed by atoms with E-state index in [9.17, 15) is 4.79 Å². The van der Waals surface area contributed by atoms with Gasteiger partial charge < -0.3 is 10.0 Å². The molecular formula is C19H21NO2S2. The summed E-state index contributed by atoms with van der Waals surface area (Å²) in [6, 6.07) is 18.5. The van der Waals surface area contributed by atoms with Gasteiger partial charge in [-0.05, 0) is 23.1 Å². The largest absolute Gasteiger partial charge is 0.481 e. The van der Waals surface area contributed by atoms with Crippen LogP contribution in [0.4, 0.5) is 0 Å². The van der Waals surface area contributed by atoms with Crippen molar-refractivity contribution in [3.8, 4) is 11.1 Å². The Morgan fingerprint density at radius 1 is 1.08 bits per heavy atom. The molecule has 0 saturated heterocycles. The van der Waals surface area contributed by atoms with Crippen LogP contribution in [-0.2, 0) is 11.2 Å². The minimum atomic E-state index is -0.796. The fourth-order valence-electron chi connectivity index (χ4n) is 2.33. The predicted molar refractivity (Wildman–Crippen MR) is 105 cm³/mol. The smallest absolute Gasteiger partial charge is 0.304 e. The maximum atomic E-state index is 11.1. The molecule has 24 heavy (non-hydrogen) atoms. The van der Waals surface area contributed by atoms with E-state index in [0.717, 1.165) is 11.1 Å². The Hall–Kier alpha value is -1.85. The van der Waals surface area contributed by atoms with Crippen LogP contribution in [0.2, 0.25) is 0 Å². The lowest BCUT2D eigenvalue weighted by Gasteiger charge is -2.19. The number of aliphatic carboxylic acids is 1. The molecule has 0 aliphatic rings. The molecule has 5 heteroatoms. The molecular weight excluding hydrogens is 338 g/mol. The number of thiocarbonyl (C=S) groups is 1. The Bertz CT molecular complexity index is 684. The highest BCUT2D eigenvalue weighted by Crippen LogP contribution is 2.24. The van der Waals surface area contributed by atoms with E-state index in [2.05, 4.69) is 36.4 Å². The number of nitrogens with zero attached hydrogens (tertiary/aromatic N) is 1. The average molecular weight is 360 g/mol. The molecule has 0 radical (unpaired) electrons. The molecule has 1 atom stereocenters. The van der Waals surface area contributed by atoms with E-state index in [1.54, 1.807) is 0 Å². The maximum Gasteiger partial charge on any atom is 0.304 e. The summed E-state index contributed by atoms with van der Waals surface area (Å²) in [6.45, 7) is 0. The normalized spacial score (nSPS) is 11.8. The molecule has 2 aromatic rings. The standard InChI is InChI=1S/C19H21NO2S2/c1-20(2)19(23)24-17(13-18(21)22)12-14-8-10-16(11-9-14)15-6-4-3-5-7-15/h3-11,17H,12-13H2,1-2H3,(H,21,22). The Labute approximate surface area is 152 Å². The van der Waals surface area contributed by atoms with Crippen molar-refractivity contribution in [3.05, 3.63) is 60.2 Å². The molecule has 0 fully saturated rings. The second kappa shape index (κ2) is 8.85. The highest BCUT2D eigenvalue weighted by atomic mass is 32.2. The van der Waals surface area contributed by atoms with Crippen LogP contribution in [0.15, 0.2) is 54.6 Å². The van der Waals surface area contributed by atoms with Gasteiger partial charge >= 0.3 is 5.97 Å². The van der Waals surface area contributed by atoms with Gasteiger partial charge in [0.2, 0.25) is 0 Å². The van der Waals surface area contributed by atoms with Gasteiger partial charge in [0.1, 0.15) is 4.32 Å². The molecule has 0 bridgehead atoms. The van der Waals surface area contributed by atoms with Crippen LogP contribution in [0.5, 0.6) is 0 Å². The van der Waals surface area contributed by atoms with Crippen LogP contribution in [-0.4, -0.2) is 39.6 Å². The van der Waals surface area contributed by atoms with Crippen molar-refractivity contribution in [1.29, 1.82) is 0 Å². The maximum absolute atomic E-state index is 11.1. The van der Waals surface area contributed by atoms with Crippen LogP contribution in [0.3, 0.4) is 0 Å². The summed E-state index contributed by atoms with van der Waals surface area (Å²) < 4.78 is 0.710. The summed E-state index contributed by atoms with van der Waals surface area (Å²) >= 11 is 6.76. The molecule has 126 valence electrons. The summed E-state index contributed by atoms with van der Waals surface area (Å²) in [5.74, 6) is -0.796. The van der Waals surface area contributed by atoms with Crippen molar-refractivity contribution in [1.82, 2.24) is 4.90 Å². The summed E-state index contributed by atoms with van der Waals surface area (Å²) in [5.41, 5.74) is 3.45. The molecule has 2 aromatic carbocycles. The molecule has 3 nitrogen and oxygen atoms in total. The van der Waals surface area contributed by atoms with Gasteiger partial charge in [0.15, 0.2) is 0 Å². The fraction of sp³-hybridized carbons (Fsp3) is 0.263. The molecule has 0 aliphatic heterocycles. The van der Waals surface area contributed by atoms with Gasteiger partial charge in [0.05, 0.1) is 6.42 Å². The second-order valence-corrected chi connectivity index (χ2v) is 7.70. The first-order valence-electron chi connectivity index (χ1n) is 7.70. The lowest BCUT2D eigenvalue weighted by Crippen LogP contribution is -2.22. The third kappa shape index (κ3) is 5.65. The van der Waals surface area contributed by atoms with Gasteiger partial charge in [-0.15, -0.1) is 0 Å². The third-order valence-electron chi connectivity index (χ3n) is 3.56. The van der Waals surface area contributed by atoms with Crippen LogP contribution in [0.1, 0.15) is 12.0 Å². The first kappa shape index (κ1) is 18.5. The molecule has 2 rings (SSSR count). The van der Waals surface area contributed by atoms with Crippen LogP contribution in [0, 0.1) is 0 Å². The lowest BCUT2D eigenvalue weighted by atomic mass is 10.0. The Balaban J connectivity index is 2.08. The molecule has 0 aromatic heterocycles. The van der Waals surface area contributed by atoms with E-state index in [-0.39, 0.29) is 11.7 Å². The second-order valence-electron chi connectivity index (χ2n) is 5.77. The number of hydrogen-bond donors (Lipinski definition) is 1. The Morgan fingerprint density at radius 2 is 1.67 bits per heavy atom. The summed E-state index contributed by atoms with van der Waals surface area (Å²) in [7, 11) is 3.75. The van der Waals surface area contributed by atoms with Crippen molar-refractivity contribution >= 4 is 34.3 Å². The number of carboxylic acid groups (broad SMARTS) is 1. The van der Waals surface area contributed by atoms with Gasteiger partial charge in [0, 0.05) is 19.3 Å². The first-order chi connectivity index (χ1) is 11.5. The van der Waals surface area contributed by atoms with E-state index in [4.69, 9.17) is 17.3 Å². The monoisotopic (exact) mass is 359 g/mol. The first-order valence-corrected chi connectivity index (χ1v) is 8.98. The zero-order valence-corrected chi connectivity index (χ0v) is 15.4. The zero-order chi connectivity index (χ0) is 17.5. The summed E-state index contributed by atoms with van der Waals surface area (Å²) in [5, 5.41) is 9.07. The number of rotatable bonds is 6. The van der Waals surface area contributed by atoms with Crippen LogP contribution < -0.4 is 0 Å². The Kier molecular flexibility index (Phi) is 6.82. The van der Waals surface area contributed by atoms with Crippen molar-refractivity contribution < 1.29 is 9.90 Å². The number of hydrogen-bond acceptors (Lipinski definition) is 3. The number of benzene rings is 2. The van der Waals surface area contributed by atoms with Gasteiger partial charge in [-0.3, -0.25) is 4.79 Å². The van der Waals surface area contributed by atoms with Crippen molar-refractivity contribution in [3.63, 3.8) is 0 Å². The van der Waals surface area contributed by atoms with Gasteiger partial charge in [-0.2, -0.15) is 0 Å². The fourth-order valence-corrected chi connectivity index (χ4v) is 3.73. The number of carboxylic acids is 1. The summed E-state index contributed by atoms with van der Waals surface area (Å²) in [4.78, 5) is 13.0. The Morgan fingerprint density at radius 3 is 2.21 bits per heavy atom. The van der Waals surface area contributed by atoms with Crippen LogP contribution >= 0.6 is 24.0 Å². The predicted octanol–water partition coefficient (Wildman–Crippen LogP) is 4.32. The average Bonchev–Trinajstić information content (AvgIpc) is 2.55. The van der Waals surface area contributed by atoms with E-state index in [1.807, 2.05) is 37.2 Å². The molecule has 0 saturated carbocycles.